The highest BCUT2D eigenvalue weighted by Gasteiger charge is 2.28. The van der Waals surface area contributed by atoms with E-state index in [-0.39, 0.29) is 12.0 Å². The molecule has 1 saturated heterocycles. The van der Waals surface area contributed by atoms with E-state index in [1.807, 2.05) is 39.0 Å². The van der Waals surface area contributed by atoms with Gasteiger partial charge in [0.15, 0.2) is 6.29 Å². The number of benzene rings is 1. The number of amides is 1. The second-order valence-electron chi connectivity index (χ2n) is 7.90. The summed E-state index contributed by atoms with van der Waals surface area (Å²) in [4.78, 5) is 22.8. The van der Waals surface area contributed by atoms with E-state index in [0.29, 0.717) is 18.8 Å². The van der Waals surface area contributed by atoms with E-state index in [1.54, 1.807) is 18.2 Å². The standard InChI is InChI=1S/C20H27N3O4/c1-13(24)26-15-5-6-16-17(11-15)21-12-22-18(16)14-7-9-23(10-8-14)19(25)27-20(2,3)4/h5-6,11-14,24H,7-10H2,1-4H3. The first-order chi connectivity index (χ1) is 12.7. The summed E-state index contributed by atoms with van der Waals surface area (Å²) in [7, 11) is 0. The minimum Gasteiger partial charge on any atom is -0.465 e. The monoisotopic (exact) mass is 373 g/mol. The van der Waals surface area contributed by atoms with Crippen LogP contribution in [0.25, 0.3) is 10.9 Å². The van der Waals surface area contributed by atoms with Crippen molar-refractivity contribution in [2.45, 2.75) is 58.3 Å². The molecule has 1 aromatic heterocycles. The number of carbonyl (C=O) groups excluding carboxylic acids is 1. The highest BCUT2D eigenvalue weighted by molar-refractivity contribution is 5.82. The summed E-state index contributed by atoms with van der Waals surface area (Å²) in [5.74, 6) is 0.833. The zero-order valence-electron chi connectivity index (χ0n) is 16.3. The van der Waals surface area contributed by atoms with Crippen molar-refractivity contribution in [1.82, 2.24) is 14.9 Å². The van der Waals surface area contributed by atoms with Gasteiger partial charge in [0, 0.05) is 30.5 Å². The average Bonchev–Trinajstić information content (AvgIpc) is 2.59. The Morgan fingerprint density at radius 2 is 1.96 bits per heavy atom. The smallest absolute Gasteiger partial charge is 0.410 e. The number of aliphatic hydroxyl groups is 1. The molecule has 3 rings (SSSR count). The van der Waals surface area contributed by atoms with E-state index in [2.05, 4.69) is 9.97 Å². The summed E-state index contributed by atoms with van der Waals surface area (Å²) in [6, 6.07) is 5.56. The Kier molecular flexibility index (Phi) is 5.51. The number of rotatable bonds is 3. The molecule has 0 bridgehead atoms. The lowest BCUT2D eigenvalue weighted by molar-refractivity contribution is -0.000230. The third kappa shape index (κ3) is 4.86. The molecule has 7 heteroatoms. The molecule has 2 heterocycles. The first-order valence-electron chi connectivity index (χ1n) is 9.30. The fourth-order valence-electron chi connectivity index (χ4n) is 3.32. The van der Waals surface area contributed by atoms with Gasteiger partial charge in [0.25, 0.3) is 0 Å². The molecule has 0 radical (unpaired) electrons. The van der Waals surface area contributed by atoms with Gasteiger partial charge in [-0.25, -0.2) is 14.8 Å². The van der Waals surface area contributed by atoms with Gasteiger partial charge in [0.2, 0.25) is 0 Å². The minimum absolute atomic E-state index is 0.256. The Morgan fingerprint density at radius 3 is 2.59 bits per heavy atom. The van der Waals surface area contributed by atoms with Crippen molar-refractivity contribution in [1.29, 1.82) is 0 Å². The highest BCUT2D eigenvalue weighted by atomic mass is 16.6. The van der Waals surface area contributed by atoms with Crippen molar-refractivity contribution >= 4 is 17.0 Å². The Hall–Kier alpha value is -2.41. The maximum atomic E-state index is 12.2. The van der Waals surface area contributed by atoms with E-state index < -0.39 is 11.9 Å². The van der Waals surface area contributed by atoms with Crippen LogP contribution in [0.1, 0.15) is 52.1 Å². The zero-order chi connectivity index (χ0) is 19.6. The molecule has 146 valence electrons. The molecular formula is C20H27N3O4. The maximum Gasteiger partial charge on any atom is 0.410 e. The molecule has 1 aliphatic rings. The summed E-state index contributed by atoms with van der Waals surface area (Å²) in [5.41, 5.74) is 1.29. The fraction of sp³-hybridized carbons (Fsp3) is 0.550. The van der Waals surface area contributed by atoms with Crippen LogP contribution in [-0.4, -0.2) is 51.0 Å². The second kappa shape index (κ2) is 7.68. The van der Waals surface area contributed by atoms with Gasteiger partial charge in [0.05, 0.1) is 11.2 Å². The number of aromatic nitrogens is 2. The summed E-state index contributed by atoms with van der Waals surface area (Å²) in [6.07, 6.45) is 2.09. The second-order valence-corrected chi connectivity index (χ2v) is 7.90. The third-order valence-electron chi connectivity index (χ3n) is 4.48. The Morgan fingerprint density at radius 1 is 1.26 bits per heavy atom. The number of aliphatic hydroxyl groups excluding tert-OH is 1. The van der Waals surface area contributed by atoms with Gasteiger partial charge < -0.3 is 19.5 Å². The molecule has 1 atom stereocenters. The van der Waals surface area contributed by atoms with Crippen molar-refractivity contribution in [2.75, 3.05) is 13.1 Å². The molecule has 1 unspecified atom stereocenters. The molecule has 1 amide bonds. The minimum atomic E-state index is -0.874. The lowest BCUT2D eigenvalue weighted by atomic mass is 9.91. The van der Waals surface area contributed by atoms with Crippen molar-refractivity contribution < 1.29 is 19.4 Å². The normalized spacial score (nSPS) is 17.0. The first kappa shape index (κ1) is 19.4. The topological polar surface area (TPSA) is 84.8 Å². The predicted octanol–water partition coefficient (Wildman–Crippen LogP) is 3.46. The molecule has 1 aliphatic heterocycles. The van der Waals surface area contributed by atoms with E-state index in [4.69, 9.17) is 9.47 Å². The summed E-state index contributed by atoms with van der Waals surface area (Å²) < 4.78 is 10.8. The molecule has 7 nitrogen and oxygen atoms in total. The van der Waals surface area contributed by atoms with Gasteiger partial charge in [-0.3, -0.25) is 0 Å². The number of carbonyl (C=O) groups is 1. The summed E-state index contributed by atoms with van der Waals surface area (Å²) >= 11 is 0. The lowest BCUT2D eigenvalue weighted by Gasteiger charge is -2.33. The third-order valence-corrected chi connectivity index (χ3v) is 4.48. The molecule has 1 aromatic carbocycles. The van der Waals surface area contributed by atoms with Crippen LogP contribution in [0.3, 0.4) is 0 Å². The molecule has 2 aromatic rings. The lowest BCUT2D eigenvalue weighted by Crippen LogP contribution is -2.41. The first-order valence-corrected chi connectivity index (χ1v) is 9.30. The van der Waals surface area contributed by atoms with Crippen molar-refractivity contribution in [2.24, 2.45) is 0 Å². The number of hydrogen-bond acceptors (Lipinski definition) is 6. The van der Waals surface area contributed by atoms with Crippen LogP contribution < -0.4 is 4.74 Å². The number of ether oxygens (including phenoxy) is 2. The number of nitrogens with zero attached hydrogens (tertiary/aromatic N) is 3. The van der Waals surface area contributed by atoms with Crippen LogP contribution in [-0.2, 0) is 4.74 Å². The molecule has 1 fully saturated rings. The van der Waals surface area contributed by atoms with Crippen molar-refractivity contribution in [3.05, 3.63) is 30.2 Å². The molecule has 27 heavy (non-hydrogen) atoms. The van der Waals surface area contributed by atoms with E-state index in [1.165, 1.54) is 0 Å². The van der Waals surface area contributed by atoms with E-state index in [0.717, 1.165) is 29.4 Å². The van der Waals surface area contributed by atoms with Crippen LogP contribution in [0.15, 0.2) is 24.5 Å². The predicted molar refractivity (Wildman–Crippen MR) is 102 cm³/mol. The number of piperidine rings is 1. The Labute approximate surface area is 159 Å². The number of hydrogen-bond donors (Lipinski definition) is 1. The van der Waals surface area contributed by atoms with Gasteiger partial charge in [-0.15, -0.1) is 0 Å². The van der Waals surface area contributed by atoms with Crippen molar-refractivity contribution in [3.8, 4) is 5.75 Å². The van der Waals surface area contributed by atoms with Crippen LogP contribution in [0, 0.1) is 0 Å². The molecular weight excluding hydrogens is 346 g/mol. The Bertz CT molecular complexity index is 808. The zero-order valence-corrected chi connectivity index (χ0v) is 16.3. The summed E-state index contributed by atoms with van der Waals surface area (Å²) in [6.45, 7) is 8.48. The van der Waals surface area contributed by atoms with Crippen LogP contribution in [0.2, 0.25) is 0 Å². The van der Waals surface area contributed by atoms with E-state index >= 15 is 0 Å². The quantitative estimate of drug-likeness (QED) is 0.830. The summed E-state index contributed by atoms with van der Waals surface area (Å²) in [5, 5.41) is 10.4. The SMILES string of the molecule is CC(O)Oc1ccc2c(C3CCN(C(=O)OC(C)(C)C)CC3)ncnc2c1. The maximum absolute atomic E-state index is 12.2. The van der Waals surface area contributed by atoms with Crippen LogP contribution in [0.4, 0.5) is 4.79 Å². The molecule has 0 saturated carbocycles. The van der Waals surface area contributed by atoms with Gasteiger partial charge >= 0.3 is 6.09 Å². The van der Waals surface area contributed by atoms with E-state index in [9.17, 15) is 9.90 Å². The van der Waals surface area contributed by atoms with Gasteiger partial charge in [0.1, 0.15) is 17.7 Å². The fourth-order valence-corrected chi connectivity index (χ4v) is 3.32. The number of fused-ring (bicyclic) bond motifs is 1. The van der Waals surface area contributed by atoms with Gasteiger partial charge in [-0.05, 0) is 52.7 Å². The largest absolute Gasteiger partial charge is 0.465 e. The Balaban J connectivity index is 1.72. The molecule has 0 spiro atoms. The molecule has 1 N–H and O–H groups in total. The average molecular weight is 373 g/mol. The highest BCUT2D eigenvalue weighted by Crippen LogP contribution is 2.32. The van der Waals surface area contributed by atoms with Gasteiger partial charge in [-0.2, -0.15) is 0 Å². The molecule has 0 aliphatic carbocycles. The van der Waals surface area contributed by atoms with Crippen LogP contribution in [0.5, 0.6) is 5.75 Å². The number of likely N-dealkylation sites (tertiary alicyclic amines) is 1. The van der Waals surface area contributed by atoms with Gasteiger partial charge in [-0.1, -0.05) is 0 Å². The van der Waals surface area contributed by atoms with Crippen LogP contribution >= 0.6 is 0 Å². The van der Waals surface area contributed by atoms with Crippen molar-refractivity contribution in [3.63, 3.8) is 0 Å².